The van der Waals surface area contributed by atoms with Crippen LogP contribution in [0.4, 0.5) is 11.4 Å². The Morgan fingerprint density at radius 3 is 2.31 bits per heavy atom. The molecule has 2 heterocycles. The quantitative estimate of drug-likeness (QED) is 0.313. The molecule has 4 rings (SSSR count). The van der Waals surface area contributed by atoms with E-state index in [1.165, 1.54) is 4.90 Å². The number of carbonyl (C=O) groups excluding carboxylic acids is 2. The molecule has 0 unspecified atom stereocenters. The summed E-state index contributed by atoms with van der Waals surface area (Å²) in [6.07, 6.45) is 3.57. The first-order valence-corrected chi connectivity index (χ1v) is 11.5. The van der Waals surface area contributed by atoms with Crippen LogP contribution in [0.3, 0.4) is 0 Å². The fraction of sp³-hybridized carbons (Fsp3) is 0.125. The first kappa shape index (κ1) is 22.5. The summed E-state index contributed by atoms with van der Waals surface area (Å²) in [7, 11) is 0. The topological polar surface area (TPSA) is 43.9 Å². The summed E-state index contributed by atoms with van der Waals surface area (Å²) in [6, 6.07) is 14.4. The highest BCUT2D eigenvalue weighted by Crippen LogP contribution is 2.45. The third-order valence-corrected chi connectivity index (χ3v) is 6.74. The molecule has 0 aromatic heterocycles. The second-order valence-electron chi connectivity index (χ2n) is 7.19. The Balaban J connectivity index is 1.74. The summed E-state index contributed by atoms with van der Waals surface area (Å²) >= 11 is 12.6. The van der Waals surface area contributed by atoms with E-state index in [4.69, 9.17) is 23.8 Å². The van der Waals surface area contributed by atoms with Crippen molar-refractivity contribution in [1.29, 1.82) is 0 Å². The summed E-state index contributed by atoms with van der Waals surface area (Å²) in [4.78, 5) is 32.5. The van der Waals surface area contributed by atoms with Crippen molar-refractivity contribution in [2.75, 3.05) is 29.6 Å². The van der Waals surface area contributed by atoms with E-state index in [2.05, 4.69) is 13.2 Å². The van der Waals surface area contributed by atoms with E-state index in [1.54, 1.807) is 41.3 Å². The molecule has 0 atom stereocenters. The number of benzene rings is 2. The maximum absolute atomic E-state index is 13.6. The van der Waals surface area contributed by atoms with Crippen LogP contribution in [-0.4, -0.2) is 40.8 Å². The largest absolute Gasteiger partial charge is 0.294 e. The fourth-order valence-corrected chi connectivity index (χ4v) is 5.22. The minimum absolute atomic E-state index is 0.221. The van der Waals surface area contributed by atoms with Crippen LogP contribution in [0, 0.1) is 0 Å². The van der Waals surface area contributed by atoms with Gasteiger partial charge in [0.1, 0.15) is 0 Å². The Labute approximate surface area is 201 Å². The summed E-state index contributed by atoms with van der Waals surface area (Å²) in [5, 5.41) is 0.566. The van der Waals surface area contributed by atoms with Gasteiger partial charge in [0.15, 0.2) is 4.32 Å². The normalized spacial score (nSPS) is 18.0. The lowest BCUT2D eigenvalue weighted by Gasteiger charge is -2.26. The van der Waals surface area contributed by atoms with E-state index in [0.717, 1.165) is 23.0 Å². The molecular formula is C24H20ClN3O2S2. The van der Waals surface area contributed by atoms with Gasteiger partial charge in [-0.2, -0.15) is 0 Å². The number of hydrogen-bond donors (Lipinski definition) is 0. The van der Waals surface area contributed by atoms with Gasteiger partial charge in [0.25, 0.3) is 11.8 Å². The van der Waals surface area contributed by atoms with E-state index >= 15 is 0 Å². The van der Waals surface area contributed by atoms with Crippen LogP contribution >= 0.6 is 35.6 Å². The van der Waals surface area contributed by atoms with Gasteiger partial charge in [0, 0.05) is 23.7 Å². The number of hydrogen-bond acceptors (Lipinski definition) is 5. The minimum atomic E-state index is -0.309. The summed E-state index contributed by atoms with van der Waals surface area (Å²) < 4.78 is 0.378. The molecule has 2 aliphatic heterocycles. The molecule has 0 bridgehead atoms. The molecule has 2 aromatic rings. The average Bonchev–Trinajstić information content (AvgIpc) is 3.22. The van der Waals surface area contributed by atoms with Gasteiger partial charge in [-0.05, 0) is 30.3 Å². The van der Waals surface area contributed by atoms with Gasteiger partial charge >= 0.3 is 0 Å². The second-order valence-corrected chi connectivity index (χ2v) is 9.27. The molecule has 0 N–H and O–H groups in total. The third kappa shape index (κ3) is 4.04. The Bertz CT molecular complexity index is 1150. The number of halogens is 1. The van der Waals surface area contributed by atoms with E-state index < -0.39 is 0 Å². The number of amides is 2. The number of nitrogens with zero attached hydrogens (tertiary/aromatic N) is 3. The van der Waals surface area contributed by atoms with Crippen LogP contribution in [0.25, 0.3) is 5.57 Å². The van der Waals surface area contributed by atoms with Gasteiger partial charge in [0.05, 0.1) is 28.5 Å². The predicted molar refractivity (Wildman–Crippen MR) is 137 cm³/mol. The summed E-state index contributed by atoms with van der Waals surface area (Å²) in [5.74, 6) is -0.530. The van der Waals surface area contributed by atoms with Crippen LogP contribution in [0.15, 0.2) is 78.7 Å². The average molecular weight is 482 g/mol. The lowest BCUT2D eigenvalue weighted by molar-refractivity contribution is -0.115. The highest BCUT2D eigenvalue weighted by Gasteiger charge is 2.42. The van der Waals surface area contributed by atoms with Gasteiger partial charge in [0.2, 0.25) is 0 Å². The van der Waals surface area contributed by atoms with Crippen molar-refractivity contribution in [3.63, 3.8) is 0 Å². The smallest absolute Gasteiger partial charge is 0.271 e. The zero-order valence-corrected chi connectivity index (χ0v) is 19.6. The molecule has 0 spiro atoms. The SMILES string of the molecule is C=CCN(CC=C)CN1C(=O)/C(=C2\SC(=S)N(c3ccc(Cl)cc3)C2=O)c2ccccc21. The third-order valence-electron chi connectivity index (χ3n) is 5.12. The van der Waals surface area contributed by atoms with Crippen molar-refractivity contribution < 1.29 is 9.59 Å². The van der Waals surface area contributed by atoms with Crippen molar-refractivity contribution in [3.05, 3.63) is 89.3 Å². The van der Waals surface area contributed by atoms with Crippen LogP contribution in [0.5, 0.6) is 0 Å². The Hall–Kier alpha value is -2.71. The second kappa shape index (κ2) is 9.42. The summed E-state index contributed by atoms with van der Waals surface area (Å²) in [6.45, 7) is 9.15. The van der Waals surface area contributed by atoms with Crippen molar-refractivity contribution in [2.45, 2.75) is 0 Å². The maximum Gasteiger partial charge on any atom is 0.271 e. The molecule has 32 heavy (non-hydrogen) atoms. The highest BCUT2D eigenvalue weighted by atomic mass is 35.5. The summed E-state index contributed by atoms with van der Waals surface area (Å²) in [5.41, 5.74) is 2.49. The molecule has 2 aromatic carbocycles. The lowest BCUT2D eigenvalue weighted by Crippen LogP contribution is -2.40. The molecule has 0 aliphatic carbocycles. The zero-order chi connectivity index (χ0) is 22.8. The van der Waals surface area contributed by atoms with E-state index in [0.29, 0.717) is 45.3 Å². The molecule has 0 radical (unpaired) electrons. The predicted octanol–water partition coefficient (Wildman–Crippen LogP) is 5.09. The standard InChI is InChI=1S/C24H20ClN3O2S2/c1-3-13-26(14-4-2)15-27-19-8-6-5-7-18(19)20(22(27)29)21-23(30)28(24(31)32-21)17-11-9-16(25)10-12-17/h3-12H,1-2,13-15H2/b21-20-. The van der Waals surface area contributed by atoms with Gasteiger partial charge in [-0.3, -0.25) is 24.3 Å². The maximum atomic E-state index is 13.6. The molecule has 162 valence electrons. The van der Waals surface area contributed by atoms with E-state index in [1.807, 2.05) is 29.2 Å². The van der Waals surface area contributed by atoms with Crippen LogP contribution in [-0.2, 0) is 9.59 Å². The Morgan fingerprint density at radius 2 is 1.66 bits per heavy atom. The first-order chi connectivity index (χ1) is 15.5. The van der Waals surface area contributed by atoms with Gasteiger partial charge in [-0.1, -0.05) is 65.9 Å². The first-order valence-electron chi connectivity index (χ1n) is 9.87. The molecule has 5 nitrogen and oxygen atoms in total. The molecule has 1 saturated heterocycles. The van der Waals surface area contributed by atoms with Crippen LogP contribution < -0.4 is 9.80 Å². The minimum Gasteiger partial charge on any atom is -0.294 e. The molecule has 2 amide bonds. The molecule has 8 heteroatoms. The Morgan fingerprint density at radius 1 is 1.00 bits per heavy atom. The molecule has 1 fully saturated rings. The number of para-hydroxylation sites is 1. The Kier molecular flexibility index (Phi) is 6.62. The van der Waals surface area contributed by atoms with Crippen molar-refractivity contribution in [1.82, 2.24) is 4.90 Å². The van der Waals surface area contributed by atoms with Gasteiger partial charge < -0.3 is 0 Å². The van der Waals surface area contributed by atoms with Crippen molar-refractivity contribution >= 4 is 68.7 Å². The monoisotopic (exact) mass is 481 g/mol. The van der Waals surface area contributed by atoms with E-state index in [-0.39, 0.29) is 11.8 Å². The van der Waals surface area contributed by atoms with Crippen LogP contribution in [0.1, 0.15) is 5.56 Å². The lowest BCUT2D eigenvalue weighted by atomic mass is 10.1. The number of thioether (sulfide) groups is 1. The molecule has 0 saturated carbocycles. The molecule has 2 aliphatic rings. The number of rotatable bonds is 7. The zero-order valence-electron chi connectivity index (χ0n) is 17.2. The number of carbonyl (C=O) groups is 2. The number of fused-ring (bicyclic) bond motifs is 1. The van der Waals surface area contributed by atoms with Gasteiger partial charge in [-0.15, -0.1) is 13.2 Å². The van der Waals surface area contributed by atoms with Crippen LogP contribution in [0.2, 0.25) is 5.02 Å². The van der Waals surface area contributed by atoms with Gasteiger partial charge in [-0.25, -0.2) is 0 Å². The van der Waals surface area contributed by atoms with Crippen molar-refractivity contribution in [2.24, 2.45) is 0 Å². The molecular weight excluding hydrogens is 462 g/mol. The highest BCUT2D eigenvalue weighted by molar-refractivity contribution is 8.27. The van der Waals surface area contributed by atoms with E-state index in [9.17, 15) is 9.59 Å². The number of anilines is 2. The fourth-order valence-electron chi connectivity index (χ4n) is 3.73. The number of thiocarbonyl (C=S) groups is 1. The van der Waals surface area contributed by atoms with Crippen molar-refractivity contribution in [3.8, 4) is 0 Å².